The summed E-state index contributed by atoms with van der Waals surface area (Å²) in [6.45, 7) is -0.183. The summed E-state index contributed by atoms with van der Waals surface area (Å²) in [5.74, 6) is 1.11. The van der Waals surface area contributed by atoms with Crippen molar-refractivity contribution in [1.82, 2.24) is 34.9 Å². The van der Waals surface area contributed by atoms with Crippen molar-refractivity contribution >= 4 is 28.4 Å². The fourth-order valence-corrected chi connectivity index (χ4v) is 4.20. The fraction of sp³-hybridized carbons (Fsp3) is 0.111. The van der Waals surface area contributed by atoms with Gasteiger partial charge in [0.1, 0.15) is 11.5 Å². The Morgan fingerprint density at radius 2 is 1.85 bits per heavy atom. The summed E-state index contributed by atoms with van der Waals surface area (Å²) in [4.78, 5) is 25.5. The molecule has 194 valence electrons. The molecule has 4 N–H and O–H groups in total. The van der Waals surface area contributed by atoms with E-state index in [2.05, 4.69) is 40.9 Å². The van der Waals surface area contributed by atoms with Gasteiger partial charge in [-0.15, -0.1) is 10.2 Å². The van der Waals surface area contributed by atoms with Crippen molar-refractivity contribution in [2.24, 2.45) is 7.05 Å². The van der Waals surface area contributed by atoms with E-state index in [-0.39, 0.29) is 29.9 Å². The Bertz CT molecular complexity index is 1800. The third-order valence-electron chi connectivity index (χ3n) is 6.15. The van der Waals surface area contributed by atoms with Crippen LogP contribution in [0.3, 0.4) is 0 Å². The molecule has 12 nitrogen and oxygen atoms in total. The molecule has 0 spiro atoms. The number of nitrogens with zero attached hydrogens (tertiary/aromatic N) is 6. The van der Waals surface area contributed by atoms with Crippen molar-refractivity contribution in [3.63, 3.8) is 0 Å². The van der Waals surface area contributed by atoms with E-state index < -0.39 is 6.04 Å². The van der Waals surface area contributed by atoms with Gasteiger partial charge in [-0.05, 0) is 35.9 Å². The lowest BCUT2D eigenvalue weighted by Gasteiger charge is -2.19. The van der Waals surface area contributed by atoms with Crippen LogP contribution in [0.5, 0.6) is 0 Å². The molecule has 6 aromatic rings. The first-order valence-electron chi connectivity index (χ1n) is 12.1. The van der Waals surface area contributed by atoms with Crippen LogP contribution in [0.15, 0.2) is 88.3 Å². The average molecular weight is 522 g/mol. The summed E-state index contributed by atoms with van der Waals surface area (Å²) in [5, 5.41) is 28.3. The predicted octanol–water partition coefficient (Wildman–Crippen LogP) is 3.66. The lowest BCUT2D eigenvalue weighted by Crippen LogP contribution is -2.17. The monoisotopic (exact) mass is 521 g/mol. The number of aliphatic hydroxyl groups is 1. The Kier molecular flexibility index (Phi) is 6.27. The van der Waals surface area contributed by atoms with Crippen LogP contribution in [0.2, 0.25) is 0 Å². The molecule has 0 aliphatic heterocycles. The summed E-state index contributed by atoms with van der Waals surface area (Å²) in [6, 6.07) is 19.8. The number of anilines is 3. The molecule has 2 aromatic carbocycles. The Morgan fingerprint density at radius 3 is 2.64 bits per heavy atom. The van der Waals surface area contributed by atoms with Crippen LogP contribution in [0.25, 0.3) is 33.9 Å². The zero-order valence-electron chi connectivity index (χ0n) is 20.7. The highest BCUT2D eigenvalue weighted by molar-refractivity contribution is 5.83. The Balaban J connectivity index is 1.38. The second-order valence-corrected chi connectivity index (χ2v) is 8.73. The van der Waals surface area contributed by atoms with Gasteiger partial charge in [0.15, 0.2) is 0 Å². The van der Waals surface area contributed by atoms with Crippen molar-refractivity contribution in [3.05, 3.63) is 95.0 Å². The van der Waals surface area contributed by atoms with Crippen molar-refractivity contribution in [3.8, 4) is 23.0 Å². The highest BCUT2D eigenvalue weighted by Crippen LogP contribution is 2.31. The average Bonchev–Trinajstić information content (AvgIpc) is 3.57. The minimum Gasteiger partial charge on any atom is -0.414 e. The van der Waals surface area contributed by atoms with E-state index in [4.69, 9.17) is 4.42 Å². The van der Waals surface area contributed by atoms with Gasteiger partial charge in [0.05, 0.1) is 29.1 Å². The molecule has 0 saturated heterocycles. The topological polar surface area (TPSA) is 160 Å². The number of aromatic amines is 1. The SMILES string of the molecule is Cn1[nH]c(=O)c2ccc(Nc3ncc(-c4nnc(-c5ccccn5)o4)c(N[C@H](CO)c4ccccc4)n3)cc21. The smallest absolute Gasteiger partial charge is 0.271 e. The third-order valence-corrected chi connectivity index (χ3v) is 6.15. The number of nitrogens with one attached hydrogen (secondary N) is 3. The van der Waals surface area contributed by atoms with E-state index in [1.54, 1.807) is 48.4 Å². The Hall–Kier alpha value is -5.36. The summed E-state index contributed by atoms with van der Waals surface area (Å²) < 4.78 is 7.57. The molecular formula is C27H23N9O3. The lowest BCUT2D eigenvalue weighted by atomic mass is 10.1. The molecule has 12 heteroatoms. The van der Waals surface area contributed by atoms with Gasteiger partial charge in [-0.3, -0.25) is 19.6 Å². The first kappa shape index (κ1) is 24.0. The molecule has 0 radical (unpaired) electrons. The molecule has 6 rings (SSSR count). The van der Waals surface area contributed by atoms with Gasteiger partial charge in [-0.1, -0.05) is 36.4 Å². The van der Waals surface area contributed by atoms with Crippen LogP contribution in [0.4, 0.5) is 17.5 Å². The molecule has 0 aliphatic carbocycles. The molecule has 0 fully saturated rings. The number of hydrogen-bond donors (Lipinski definition) is 4. The maximum atomic E-state index is 12.1. The minimum absolute atomic E-state index is 0.160. The number of benzene rings is 2. The van der Waals surface area contributed by atoms with E-state index in [1.807, 2.05) is 42.5 Å². The van der Waals surface area contributed by atoms with Gasteiger partial charge >= 0.3 is 0 Å². The summed E-state index contributed by atoms with van der Waals surface area (Å²) in [6.07, 6.45) is 3.21. The first-order valence-corrected chi connectivity index (χ1v) is 12.1. The molecular weight excluding hydrogens is 498 g/mol. The standard InChI is InChI=1S/C27H23N9O3/c1-36-22-13-17(10-11-18(22)24(38)35-36)30-27-29-14-19(25-33-34-26(39-25)20-9-5-6-12-28-20)23(32-27)31-21(15-37)16-7-3-2-4-8-16/h2-14,21,37H,15H2,1H3,(H,35,38)(H2,29,30,31,32)/t21-/m1/s1. The van der Waals surface area contributed by atoms with Crippen molar-refractivity contribution in [2.75, 3.05) is 17.2 Å². The largest absolute Gasteiger partial charge is 0.414 e. The third kappa shape index (κ3) is 4.83. The van der Waals surface area contributed by atoms with Gasteiger partial charge in [0.25, 0.3) is 17.3 Å². The second-order valence-electron chi connectivity index (χ2n) is 8.73. The highest BCUT2D eigenvalue weighted by atomic mass is 16.4. The Morgan fingerprint density at radius 1 is 1.03 bits per heavy atom. The van der Waals surface area contributed by atoms with Crippen LogP contribution in [0, 0.1) is 0 Å². The van der Waals surface area contributed by atoms with Crippen molar-refractivity contribution in [1.29, 1.82) is 0 Å². The number of H-pyrrole nitrogens is 1. The normalized spacial score (nSPS) is 11.9. The minimum atomic E-state index is -0.461. The fourth-order valence-electron chi connectivity index (χ4n) is 4.20. The van der Waals surface area contributed by atoms with Gasteiger partial charge < -0.3 is 20.2 Å². The summed E-state index contributed by atoms with van der Waals surface area (Å²) >= 11 is 0. The first-order chi connectivity index (χ1) is 19.1. The zero-order chi connectivity index (χ0) is 26.8. The maximum absolute atomic E-state index is 12.1. The van der Waals surface area contributed by atoms with Gasteiger partial charge in [-0.25, -0.2) is 4.98 Å². The van der Waals surface area contributed by atoms with Crippen molar-refractivity contribution in [2.45, 2.75) is 6.04 Å². The second kappa shape index (κ2) is 10.2. The van der Waals surface area contributed by atoms with Crippen LogP contribution < -0.4 is 16.2 Å². The molecule has 0 unspecified atom stereocenters. The number of aromatic nitrogens is 7. The molecule has 1 atom stereocenters. The van der Waals surface area contributed by atoms with Gasteiger partial charge in [0, 0.05) is 25.1 Å². The van der Waals surface area contributed by atoms with Crippen LogP contribution in [-0.2, 0) is 7.05 Å². The van der Waals surface area contributed by atoms with Crippen LogP contribution >= 0.6 is 0 Å². The van der Waals surface area contributed by atoms with Gasteiger partial charge in [-0.2, -0.15) is 4.98 Å². The van der Waals surface area contributed by atoms with Crippen LogP contribution in [-0.4, -0.2) is 46.6 Å². The molecule has 0 bridgehead atoms. The summed E-state index contributed by atoms with van der Waals surface area (Å²) in [7, 11) is 1.77. The molecule has 4 heterocycles. The molecule has 0 aliphatic rings. The molecule has 39 heavy (non-hydrogen) atoms. The number of hydrogen-bond acceptors (Lipinski definition) is 10. The van der Waals surface area contributed by atoms with E-state index in [9.17, 15) is 9.90 Å². The number of rotatable bonds is 8. The quantitative estimate of drug-likeness (QED) is 0.233. The van der Waals surface area contributed by atoms with E-state index in [1.165, 1.54) is 0 Å². The van der Waals surface area contributed by atoms with Crippen LogP contribution in [0.1, 0.15) is 11.6 Å². The zero-order valence-corrected chi connectivity index (χ0v) is 20.7. The predicted molar refractivity (Wildman–Crippen MR) is 145 cm³/mol. The number of aliphatic hydroxyl groups excluding tert-OH is 1. The lowest BCUT2D eigenvalue weighted by molar-refractivity contribution is 0.276. The van der Waals surface area contributed by atoms with Crippen molar-refractivity contribution < 1.29 is 9.52 Å². The maximum Gasteiger partial charge on any atom is 0.271 e. The highest BCUT2D eigenvalue weighted by Gasteiger charge is 2.20. The van der Waals surface area contributed by atoms with Gasteiger partial charge in [0.2, 0.25) is 5.95 Å². The Labute approximate surface area is 221 Å². The number of aryl methyl sites for hydroxylation is 1. The molecule has 4 aromatic heterocycles. The number of pyridine rings is 1. The molecule has 0 saturated carbocycles. The molecule has 0 amide bonds. The number of fused-ring (bicyclic) bond motifs is 1. The van der Waals surface area contributed by atoms with E-state index in [0.29, 0.717) is 28.1 Å². The van der Waals surface area contributed by atoms with E-state index in [0.717, 1.165) is 11.1 Å². The van der Waals surface area contributed by atoms with E-state index >= 15 is 0 Å². The summed E-state index contributed by atoms with van der Waals surface area (Å²) in [5.41, 5.74) is 3.12.